The van der Waals surface area contributed by atoms with Gasteiger partial charge in [-0.2, -0.15) is 0 Å². The zero-order chi connectivity index (χ0) is 17.9. The molecule has 2 aromatic rings. The number of carbonyl (C=O) groups excluding carboxylic acids is 2. The standard InChI is InChI=1S/C20H25N3O2/c1-16(24)21-14-8-3-6-13-19(25)23-20(17-10-4-2-5-11-17)18-12-7-9-15-22-18/h2,4-5,7,9-12,15,20H,3,6,8,13-14H2,1H3,(H,21,24)(H,23,25). The Bertz CT molecular complexity index is 620. The Morgan fingerprint density at radius 3 is 2.44 bits per heavy atom. The molecule has 25 heavy (non-hydrogen) atoms. The van der Waals surface area contributed by atoms with Gasteiger partial charge in [-0.1, -0.05) is 42.8 Å². The third-order valence-corrected chi connectivity index (χ3v) is 3.88. The fourth-order valence-corrected chi connectivity index (χ4v) is 2.61. The number of benzene rings is 1. The molecule has 2 rings (SSSR count). The largest absolute Gasteiger partial charge is 0.356 e. The van der Waals surface area contributed by atoms with Gasteiger partial charge in [0.05, 0.1) is 11.7 Å². The summed E-state index contributed by atoms with van der Waals surface area (Å²) in [4.78, 5) is 27.5. The monoisotopic (exact) mass is 339 g/mol. The molecule has 0 bridgehead atoms. The lowest BCUT2D eigenvalue weighted by Crippen LogP contribution is -2.29. The van der Waals surface area contributed by atoms with Crippen LogP contribution in [0.15, 0.2) is 54.7 Å². The van der Waals surface area contributed by atoms with Gasteiger partial charge in [0.25, 0.3) is 0 Å². The van der Waals surface area contributed by atoms with Crippen LogP contribution in [0.25, 0.3) is 0 Å². The number of nitrogens with one attached hydrogen (secondary N) is 2. The lowest BCUT2D eigenvalue weighted by molar-refractivity contribution is -0.122. The molecule has 5 heteroatoms. The Morgan fingerprint density at radius 1 is 1.00 bits per heavy atom. The van der Waals surface area contributed by atoms with Crippen LogP contribution in [0.2, 0.25) is 0 Å². The summed E-state index contributed by atoms with van der Waals surface area (Å²) in [6, 6.07) is 15.3. The van der Waals surface area contributed by atoms with Crippen LogP contribution in [0.1, 0.15) is 49.9 Å². The van der Waals surface area contributed by atoms with Crippen LogP contribution < -0.4 is 10.6 Å². The molecule has 5 nitrogen and oxygen atoms in total. The molecule has 2 N–H and O–H groups in total. The first-order chi connectivity index (χ1) is 12.2. The Labute approximate surface area is 148 Å². The third-order valence-electron chi connectivity index (χ3n) is 3.88. The highest BCUT2D eigenvalue weighted by Crippen LogP contribution is 2.20. The predicted molar refractivity (Wildman–Crippen MR) is 97.8 cm³/mol. The van der Waals surface area contributed by atoms with Crippen LogP contribution in [0, 0.1) is 0 Å². The number of nitrogens with zero attached hydrogens (tertiary/aromatic N) is 1. The van der Waals surface area contributed by atoms with E-state index in [9.17, 15) is 9.59 Å². The summed E-state index contributed by atoms with van der Waals surface area (Å²) in [7, 11) is 0. The summed E-state index contributed by atoms with van der Waals surface area (Å²) in [6.07, 6.45) is 4.80. The van der Waals surface area contributed by atoms with Crippen molar-refractivity contribution in [2.24, 2.45) is 0 Å². The molecule has 1 atom stereocenters. The maximum Gasteiger partial charge on any atom is 0.220 e. The highest BCUT2D eigenvalue weighted by molar-refractivity contribution is 5.76. The lowest BCUT2D eigenvalue weighted by atomic mass is 10.0. The van der Waals surface area contributed by atoms with E-state index in [1.165, 1.54) is 6.92 Å². The Hall–Kier alpha value is -2.69. The molecule has 0 spiro atoms. The molecule has 0 aliphatic carbocycles. The van der Waals surface area contributed by atoms with Gasteiger partial charge >= 0.3 is 0 Å². The number of aromatic nitrogens is 1. The summed E-state index contributed by atoms with van der Waals surface area (Å²) in [5, 5.41) is 5.85. The van der Waals surface area contributed by atoms with E-state index in [1.807, 2.05) is 48.5 Å². The average molecular weight is 339 g/mol. The molecule has 0 saturated heterocycles. The van der Waals surface area contributed by atoms with Gasteiger partial charge in [0, 0.05) is 26.1 Å². The van der Waals surface area contributed by atoms with Crippen molar-refractivity contribution in [2.45, 2.75) is 38.6 Å². The number of pyridine rings is 1. The molecular weight excluding hydrogens is 314 g/mol. The quantitative estimate of drug-likeness (QED) is 0.690. The molecule has 1 aromatic carbocycles. The Kier molecular flexibility index (Phi) is 7.63. The number of unbranched alkanes of at least 4 members (excludes halogenated alkanes) is 2. The number of carbonyl (C=O) groups is 2. The molecule has 0 saturated carbocycles. The maximum atomic E-state index is 12.3. The van der Waals surface area contributed by atoms with Crippen LogP contribution in [0.4, 0.5) is 0 Å². The zero-order valence-corrected chi connectivity index (χ0v) is 14.6. The van der Waals surface area contributed by atoms with Gasteiger partial charge in [-0.3, -0.25) is 14.6 Å². The molecule has 0 aliphatic heterocycles. The SMILES string of the molecule is CC(=O)NCCCCCC(=O)NC(c1ccccc1)c1ccccn1. The van der Waals surface area contributed by atoms with Crippen molar-refractivity contribution in [1.29, 1.82) is 0 Å². The normalized spacial score (nSPS) is 11.6. The van der Waals surface area contributed by atoms with Crippen LogP contribution in [0.3, 0.4) is 0 Å². The summed E-state index contributed by atoms with van der Waals surface area (Å²) < 4.78 is 0. The lowest BCUT2D eigenvalue weighted by Gasteiger charge is -2.19. The predicted octanol–water partition coefficient (Wildman–Crippen LogP) is 2.98. The van der Waals surface area contributed by atoms with Gasteiger partial charge < -0.3 is 10.6 Å². The number of hydrogen-bond donors (Lipinski definition) is 2. The Morgan fingerprint density at radius 2 is 1.76 bits per heavy atom. The summed E-state index contributed by atoms with van der Waals surface area (Å²) >= 11 is 0. The summed E-state index contributed by atoms with van der Waals surface area (Å²) in [5.41, 5.74) is 1.84. The van der Waals surface area contributed by atoms with E-state index in [1.54, 1.807) is 6.20 Å². The van der Waals surface area contributed by atoms with Gasteiger partial charge in [0.1, 0.15) is 0 Å². The third kappa shape index (κ3) is 6.75. The van der Waals surface area contributed by atoms with Gasteiger partial charge in [0.15, 0.2) is 0 Å². The van der Waals surface area contributed by atoms with Crippen molar-refractivity contribution in [1.82, 2.24) is 15.6 Å². The van der Waals surface area contributed by atoms with Crippen LogP contribution in [-0.2, 0) is 9.59 Å². The van der Waals surface area contributed by atoms with Crippen LogP contribution in [0.5, 0.6) is 0 Å². The molecular formula is C20H25N3O2. The molecule has 1 aromatic heterocycles. The minimum atomic E-state index is -0.241. The smallest absolute Gasteiger partial charge is 0.220 e. The number of rotatable bonds is 9. The molecule has 132 valence electrons. The second kappa shape index (κ2) is 10.2. The highest BCUT2D eigenvalue weighted by Gasteiger charge is 2.17. The molecule has 2 amide bonds. The van der Waals surface area contributed by atoms with Gasteiger partial charge in [-0.25, -0.2) is 0 Å². The van der Waals surface area contributed by atoms with Crippen molar-refractivity contribution in [3.63, 3.8) is 0 Å². The first-order valence-electron chi connectivity index (χ1n) is 8.66. The van der Waals surface area contributed by atoms with Crippen molar-refractivity contribution in [3.8, 4) is 0 Å². The van der Waals surface area contributed by atoms with E-state index < -0.39 is 0 Å². The Balaban J connectivity index is 1.87. The number of hydrogen-bond acceptors (Lipinski definition) is 3. The van der Waals surface area contributed by atoms with Gasteiger partial charge in [0.2, 0.25) is 11.8 Å². The second-order valence-corrected chi connectivity index (χ2v) is 5.96. The van der Waals surface area contributed by atoms with E-state index in [0.29, 0.717) is 13.0 Å². The second-order valence-electron chi connectivity index (χ2n) is 5.96. The molecule has 0 aliphatic rings. The first-order valence-corrected chi connectivity index (χ1v) is 8.66. The van der Waals surface area contributed by atoms with E-state index in [2.05, 4.69) is 15.6 Å². The van der Waals surface area contributed by atoms with E-state index in [4.69, 9.17) is 0 Å². The minimum Gasteiger partial charge on any atom is -0.356 e. The van der Waals surface area contributed by atoms with E-state index >= 15 is 0 Å². The fourth-order valence-electron chi connectivity index (χ4n) is 2.61. The topological polar surface area (TPSA) is 71.1 Å². The fraction of sp³-hybridized carbons (Fsp3) is 0.350. The van der Waals surface area contributed by atoms with Crippen LogP contribution >= 0.6 is 0 Å². The minimum absolute atomic E-state index is 0.0130. The number of amides is 2. The molecule has 1 unspecified atom stereocenters. The summed E-state index contributed by atoms with van der Waals surface area (Å²) in [6.45, 7) is 2.17. The molecule has 0 fully saturated rings. The van der Waals surface area contributed by atoms with Crippen molar-refractivity contribution >= 4 is 11.8 Å². The first kappa shape index (κ1) is 18.6. The van der Waals surface area contributed by atoms with Crippen molar-refractivity contribution in [2.75, 3.05) is 6.54 Å². The highest BCUT2D eigenvalue weighted by atomic mass is 16.2. The van der Waals surface area contributed by atoms with E-state index in [-0.39, 0.29) is 17.9 Å². The van der Waals surface area contributed by atoms with Crippen LogP contribution in [-0.4, -0.2) is 23.3 Å². The average Bonchev–Trinajstić information content (AvgIpc) is 2.64. The van der Waals surface area contributed by atoms with Gasteiger partial charge in [-0.15, -0.1) is 0 Å². The molecule has 1 heterocycles. The van der Waals surface area contributed by atoms with Gasteiger partial charge in [-0.05, 0) is 30.5 Å². The molecule has 0 radical (unpaired) electrons. The maximum absolute atomic E-state index is 12.3. The van der Waals surface area contributed by atoms with Crippen molar-refractivity contribution < 1.29 is 9.59 Å². The summed E-state index contributed by atoms with van der Waals surface area (Å²) in [5.74, 6) is -0.00200. The van der Waals surface area contributed by atoms with Crippen molar-refractivity contribution in [3.05, 3.63) is 66.0 Å². The zero-order valence-electron chi connectivity index (χ0n) is 14.6. The van der Waals surface area contributed by atoms with E-state index in [0.717, 1.165) is 30.5 Å².